The van der Waals surface area contributed by atoms with Crippen molar-refractivity contribution in [2.45, 2.75) is 115 Å². The van der Waals surface area contributed by atoms with E-state index in [0.29, 0.717) is 29.5 Å². The molecule has 0 radical (unpaired) electrons. The quantitative estimate of drug-likeness (QED) is 0.575. The fourth-order valence-corrected chi connectivity index (χ4v) is 7.02. The second-order valence-electron chi connectivity index (χ2n) is 11.2. The van der Waals surface area contributed by atoms with E-state index in [1.807, 2.05) is 0 Å². The van der Waals surface area contributed by atoms with Crippen LogP contribution in [0.4, 0.5) is 0 Å². The summed E-state index contributed by atoms with van der Waals surface area (Å²) in [5, 5.41) is 0. The van der Waals surface area contributed by atoms with Crippen LogP contribution < -0.4 is 5.73 Å². The van der Waals surface area contributed by atoms with Crippen LogP contribution in [0.2, 0.25) is 0 Å². The van der Waals surface area contributed by atoms with Crippen LogP contribution in [-0.4, -0.2) is 35.1 Å². The van der Waals surface area contributed by atoms with Gasteiger partial charge in [0.25, 0.3) is 5.91 Å². The molecule has 1 aliphatic heterocycles. The van der Waals surface area contributed by atoms with Crippen molar-refractivity contribution >= 4 is 17.6 Å². The Morgan fingerprint density at radius 2 is 1.61 bits per heavy atom. The van der Waals surface area contributed by atoms with Crippen molar-refractivity contribution in [3.05, 3.63) is 0 Å². The largest absolute Gasteiger partial charge is 0.369 e. The van der Waals surface area contributed by atoms with Crippen molar-refractivity contribution in [3.63, 3.8) is 0 Å². The summed E-state index contributed by atoms with van der Waals surface area (Å²) in [5.41, 5.74) is 5.48. The summed E-state index contributed by atoms with van der Waals surface area (Å²) >= 11 is 0. The molecule has 4 rings (SSSR count). The number of hydrogen-bond acceptors (Lipinski definition) is 4. The zero-order valence-corrected chi connectivity index (χ0v) is 19.6. The molecule has 174 valence electrons. The van der Waals surface area contributed by atoms with Crippen molar-refractivity contribution in [1.29, 1.82) is 0 Å². The Labute approximate surface area is 188 Å². The lowest BCUT2D eigenvalue weighted by atomic mass is 9.71. The van der Waals surface area contributed by atoms with E-state index >= 15 is 0 Å². The number of rotatable bonds is 8. The average molecular weight is 430 g/mol. The molecule has 3 atom stereocenters. The molecular weight excluding hydrogens is 386 g/mol. The van der Waals surface area contributed by atoms with Gasteiger partial charge in [-0.05, 0) is 56.3 Å². The lowest BCUT2D eigenvalue weighted by molar-refractivity contribution is -0.131. The van der Waals surface area contributed by atoms with E-state index in [2.05, 4.69) is 0 Å². The fourth-order valence-electron chi connectivity index (χ4n) is 7.02. The Morgan fingerprint density at radius 3 is 2.29 bits per heavy atom. The summed E-state index contributed by atoms with van der Waals surface area (Å²) in [4.78, 5) is 32.4. The van der Waals surface area contributed by atoms with Crippen LogP contribution in [0.1, 0.15) is 109 Å². The minimum absolute atomic E-state index is 0.102. The van der Waals surface area contributed by atoms with Crippen LogP contribution in [0, 0.1) is 23.7 Å². The zero-order valence-electron chi connectivity index (χ0n) is 19.6. The van der Waals surface area contributed by atoms with Crippen molar-refractivity contribution < 1.29 is 9.59 Å². The summed E-state index contributed by atoms with van der Waals surface area (Å²) in [5.74, 6) is 3.04. The molecule has 1 amide bonds. The first-order valence-electron chi connectivity index (χ1n) is 13.1. The normalized spacial score (nSPS) is 33.1. The number of Topliss-reactive ketones (excluding diaryl/α,β-unsaturated/α-hetero) is 1. The number of nitrogens with two attached hydrogens (primary N) is 1. The van der Waals surface area contributed by atoms with Gasteiger partial charge in [0.2, 0.25) is 0 Å². The molecule has 0 aromatic carbocycles. The van der Waals surface area contributed by atoms with Crippen LogP contribution in [0.15, 0.2) is 4.99 Å². The maximum absolute atomic E-state index is 13.3. The summed E-state index contributed by atoms with van der Waals surface area (Å²) in [6.07, 6.45) is 19.4. The number of hydrogen-bond donors (Lipinski definition) is 1. The maximum atomic E-state index is 13.3. The van der Waals surface area contributed by atoms with Gasteiger partial charge in [0.15, 0.2) is 5.96 Å². The van der Waals surface area contributed by atoms with Crippen LogP contribution in [0.5, 0.6) is 0 Å². The van der Waals surface area contributed by atoms with E-state index in [1.54, 1.807) is 11.9 Å². The van der Waals surface area contributed by atoms with E-state index < -0.39 is 5.54 Å². The summed E-state index contributed by atoms with van der Waals surface area (Å²) in [7, 11) is 1.77. The van der Waals surface area contributed by atoms with E-state index in [-0.39, 0.29) is 5.91 Å². The predicted octanol–water partition coefficient (Wildman–Crippen LogP) is 5.22. The van der Waals surface area contributed by atoms with Gasteiger partial charge in [0.05, 0.1) is 0 Å². The van der Waals surface area contributed by atoms with Gasteiger partial charge >= 0.3 is 0 Å². The molecule has 0 aromatic rings. The molecule has 2 N–H and O–H groups in total. The number of amides is 1. The summed E-state index contributed by atoms with van der Waals surface area (Å²) in [6.45, 7) is 0. The Balaban J connectivity index is 1.38. The molecule has 0 spiro atoms. The molecule has 1 heterocycles. The Bertz CT molecular complexity index is 678. The molecule has 0 unspecified atom stereocenters. The van der Waals surface area contributed by atoms with Gasteiger partial charge in [-0.25, -0.2) is 4.99 Å². The first-order chi connectivity index (χ1) is 15.0. The second-order valence-corrected chi connectivity index (χ2v) is 11.2. The zero-order chi connectivity index (χ0) is 21.8. The van der Waals surface area contributed by atoms with Gasteiger partial charge in [0.1, 0.15) is 11.3 Å². The number of carbonyl (C=O) groups is 2. The van der Waals surface area contributed by atoms with Crippen LogP contribution >= 0.6 is 0 Å². The lowest BCUT2D eigenvalue weighted by Gasteiger charge is -2.35. The van der Waals surface area contributed by atoms with Crippen LogP contribution in [-0.2, 0) is 9.59 Å². The van der Waals surface area contributed by atoms with Crippen molar-refractivity contribution in [2.24, 2.45) is 34.4 Å². The van der Waals surface area contributed by atoms with E-state index in [1.165, 1.54) is 57.8 Å². The summed E-state index contributed by atoms with van der Waals surface area (Å²) < 4.78 is 0. The number of nitrogens with zero attached hydrogens (tertiary/aromatic N) is 2. The number of guanidine groups is 1. The highest BCUT2D eigenvalue weighted by Gasteiger charge is 2.48. The second kappa shape index (κ2) is 10.0. The monoisotopic (exact) mass is 429 g/mol. The molecule has 0 aromatic heterocycles. The number of ketones is 1. The number of likely N-dealkylation sites (N-methyl/N-ethyl adjacent to an activating group) is 1. The topological polar surface area (TPSA) is 75.8 Å². The highest BCUT2D eigenvalue weighted by atomic mass is 16.2. The minimum atomic E-state index is -0.654. The standard InChI is InChI=1S/C26H43N3O2/c1-29-24(31)26(28-25(29)27,15-14-19-8-3-2-4-9-19)18-21-11-7-10-20(16-21)17-23(30)22-12-5-6-13-22/h19-22H,2-18H2,1H3,(H2,27,28)/t20-,21+,26-/m1/s1. The minimum Gasteiger partial charge on any atom is -0.369 e. The van der Waals surface area contributed by atoms with Crippen molar-refractivity contribution in [1.82, 2.24) is 4.90 Å². The van der Waals surface area contributed by atoms with Gasteiger partial charge in [-0.1, -0.05) is 64.2 Å². The molecule has 31 heavy (non-hydrogen) atoms. The molecule has 5 heteroatoms. The van der Waals surface area contributed by atoms with E-state index in [4.69, 9.17) is 10.7 Å². The fraction of sp³-hybridized carbons (Fsp3) is 0.885. The first kappa shape index (κ1) is 22.8. The maximum Gasteiger partial charge on any atom is 0.257 e. The predicted molar refractivity (Wildman–Crippen MR) is 125 cm³/mol. The average Bonchev–Trinajstić information content (AvgIpc) is 3.38. The highest BCUT2D eigenvalue weighted by molar-refractivity contribution is 6.06. The van der Waals surface area contributed by atoms with Gasteiger partial charge in [-0.3, -0.25) is 14.5 Å². The third-order valence-corrected chi connectivity index (χ3v) is 8.88. The van der Waals surface area contributed by atoms with Gasteiger partial charge in [-0.15, -0.1) is 0 Å². The Morgan fingerprint density at radius 1 is 0.968 bits per heavy atom. The van der Waals surface area contributed by atoms with Crippen LogP contribution in [0.3, 0.4) is 0 Å². The molecular formula is C26H43N3O2. The van der Waals surface area contributed by atoms with Crippen molar-refractivity contribution in [3.8, 4) is 0 Å². The Kier molecular flexibility index (Phi) is 7.38. The molecule has 3 saturated carbocycles. The highest BCUT2D eigenvalue weighted by Crippen LogP contribution is 2.42. The van der Waals surface area contributed by atoms with Crippen molar-refractivity contribution in [2.75, 3.05) is 7.05 Å². The molecule has 5 nitrogen and oxygen atoms in total. The molecule has 3 aliphatic carbocycles. The first-order valence-corrected chi connectivity index (χ1v) is 13.1. The molecule has 0 saturated heterocycles. The smallest absolute Gasteiger partial charge is 0.257 e. The summed E-state index contributed by atoms with van der Waals surface area (Å²) in [6, 6.07) is 0. The van der Waals surface area contributed by atoms with Gasteiger partial charge in [-0.2, -0.15) is 0 Å². The molecule has 4 aliphatic rings. The van der Waals surface area contributed by atoms with E-state index in [9.17, 15) is 9.59 Å². The third kappa shape index (κ3) is 5.34. The SMILES string of the molecule is CN1C(=O)[C@@](CCC2CCCCC2)(C[C@H]2CCC[C@@H](CC(=O)C3CCCC3)C2)N=C1N. The lowest BCUT2D eigenvalue weighted by Crippen LogP contribution is -2.44. The molecule has 3 fully saturated rings. The van der Waals surface area contributed by atoms with Crippen LogP contribution in [0.25, 0.3) is 0 Å². The van der Waals surface area contributed by atoms with E-state index in [0.717, 1.165) is 57.3 Å². The Hall–Kier alpha value is -1.39. The van der Waals surface area contributed by atoms with Gasteiger partial charge in [0, 0.05) is 19.4 Å². The molecule has 0 bridgehead atoms. The van der Waals surface area contributed by atoms with Gasteiger partial charge < -0.3 is 5.73 Å². The third-order valence-electron chi connectivity index (χ3n) is 8.88. The number of aliphatic imine (C=N–C) groups is 1. The number of carbonyl (C=O) groups excluding carboxylic acids is 2.